The van der Waals surface area contributed by atoms with Crippen LogP contribution in [0.15, 0.2) is 0 Å². The van der Waals surface area contributed by atoms with Gasteiger partial charge in [0, 0.05) is 0 Å². The lowest BCUT2D eigenvalue weighted by Gasteiger charge is -2.37. The first-order valence-corrected chi connectivity index (χ1v) is 5.79. The Labute approximate surface area is 81.5 Å². The van der Waals surface area contributed by atoms with Crippen LogP contribution in [0.25, 0.3) is 0 Å². The third-order valence-corrected chi connectivity index (χ3v) is 3.88. The number of nitrogens with one attached hydrogen (secondary N) is 2. The van der Waals surface area contributed by atoms with Crippen molar-refractivity contribution >= 4 is 0 Å². The van der Waals surface area contributed by atoms with Gasteiger partial charge in [-0.2, -0.15) is 0 Å². The highest BCUT2D eigenvalue weighted by molar-refractivity contribution is 4.83. The number of hydrogen-bond acceptors (Lipinski definition) is 2. The fourth-order valence-electron chi connectivity index (χ4n) is 2.92. The van der Waals surface area contributed by atoms with Crippen molar-refractivity contribution < 1.29 is 0 Å². The third kappa shape index (κ3) is 2.23. The summed E-state index contributed by atoms with van der Waals surface area (Å²) in [5.74, 6) is 2.89. The first-order chi connectivity index (χ1) is 6.38. The zero-order chi connectivity index (χ0) is 9.10. The van der Waals surface area contributed by atoms with Gasteiger partial charge >= 0.3 is 0 Å². The molecular formula is C11H22N2. The van der Waals surface area contributed by atoms with Gasteiger partial charge in [0.2, 0.25) is 0 Å². The van der Waals surface area contributed by atoms with Crippen molar-refractivity contribution in [2.75, 3.05) is 26.2 Å². The number of hydrogen-bond donors (Lipinski definition) is 2. The molecule has 0 spiro atoms. The molecule has 0 aromatic carbocycles. The van der Waals surface area contributed by atoms with E-state index in [1.807, 2.05) is 0 Å². The summed E-state index contributed by atoms with van der Waals surface area (Å²) < 4.78 is 0. The van der Waals surface area contributed by atoms with E-state index >= 15 is 0 Å². The third-order valence-electron chi connectivity index (χ3n) is 3.88. The van der Waals surface area contributed by atoms with E-state index in [4.69, 9.17) is 0 Å². The van der Waals surface area contributed by atoms with Crippen molar-refractivity contribution in [3.05, 3.63) is 0 Å². The fourth-order valence-corrected chi connectivity index (χ4v) is 2.92. The van der Waals surface area contributed by atoms with Gasteiger partial charge in [0.15, 0.2) is 0 Å². The molecule has 2 rings (SSSR count). The number of rotatable bonds is 1. The lowest BCUT2D eigenvalue weighted by molar-refractivity contribution is 0.158. The molecule has 2 saturated heterocycles. The van der Waals surface area contributed by atoms with Crippen LogP contribution in [0.2, 0.25) is 0 Å². The van der Waals surface area contributed by atoms with E-state index in [9.17, 15) is 0 Å². The molecule has 2 aliphatic heterocycles. The van der Waals surface area contributed by atoms with E-state index in [1.165, 1.54) is 45.4 Å². The Bertz CT molecular complexity index is 152. The second kappa shape index (κ2) is 4.43. The molecule has 0 aromatic heterocycles. The van der Waals surface area contributed by atoms with Crippen molar-refractivity contribution in [3.8, 4) is 0 Å². The Kier molecular flexibility index (Phi) is 3.23. The average molecular weight is 182 g/mol. The van der Waals surface area contributed by atoms with E-state index < -0.39 is 0 Å². The molecule has 2 fully saturated rings. The summed E-state index contributed by atoms with van der Waals surface area (Å²) >= 11 is 0. The summed E-state index contributed by atoms with van der Waals surface area (Å²) in [6.45, 7) is 7.43. The predicted molar refractivity (Wildman–Crippen MR) is 55.7 cm³/mol. The molecule has 0 aliphatic carbocycles. The Morgan fingerprint density at radius 3 is 2.31 bits per heavy atom. The maximum atomic E-state index is 3.54. The standard InChI is InChI=1S/C11H22N2/c1-9-2-5-13-8-11(9)10-3-6-12-7-4-10/h9-13H,2-8H2,1H3. The second-order valence-electron chi connectivity index (χ2n) is 4.72. The molecule has 2 heterocycles. The molecule has 2 nitrogen and oxygen atoms in total. The topological polar surface area (TPSA) is 24.1 Å². The van der Waals surface area contributed by atoms with Crippen LogP contribution < -0.4 is 10.6 Å². The highest BCUT2D eigenvalue weighted by atomic mass is 14.9. The lowest BCUT2D eigenvalue weighted by Crippen LogP contribution is -2.42. The molecule has 2 N–H and O–H groups in total. The van der Waals surface area contributed by atoms with Crippen LogP contribution in [0, 0.1) is 17.8 Å². The second-order valence-corrected chi connectivity index (χ2v) is 4.72. The summed E-state index contributed by atoms with van der Waals surface area (Å²) in [5, 5.41) is 6.99. The first kappa shape index (κ1) is 9.47. The molecule has 0 amide bonds. The van der Waals surface area contributed by atoms with Gasteiger partial charge in [-0.05, 0) is 63.2 Å². The van der Waals surface area contributed by atoms with Gasteiger partial charge in [0.1, 0.15) is 0 Å². The van der Waals surface area contributed by atoms with Crippen molar-refractivity contribution in [3.63, 3.8) is 0 Å². The van der Waals surface area contributed by atoms with Crippen molar-refractivity contribution in [2.45, 2.75) is 26.2 Å². The number of piperidine rings is 2. The lowest BCUT2D eigenvalue weighted by atomic mass is 9.75. The van der Waals surface area contributed by atoms with E-state index in [2.05, 4.69) is 17.6 Å². The quantitative estimate of drug-likeness (QED) is 0.637. The summed E-state index contributed by atoms with van der Waals surface area (Å²) in [5.41, 5.74) is 0. The normalized spacial score (nSPS) is 37.6. The predicted octanol–water partition coefficient (Wildman–Crippen LogP) is 1.23. The monoisotopic (exact) mass is 182 g/mol. The average Bonchev–Trinajstić information content (AvgIpc) is 2.20. The van der Waals surface area contributed by atoms with Gasteiger partial charge in [-0.1, -0.05) is 6.92 Å². The van der Waals surface area contributed by atoms with Gasteiger partial charge in [-0.3, -0.25) is 0 Å². The van der Waals surface area contributed by atoms with Crippen LogP contribution in [0.3, 0.4) is 0 Å². The molecule has 13 heavy (non-hydrogen) atoms. The SMILES string of the molecule is CC1CCNCC1C1CCNCC1. The van der Waals surface area contributed by atoms with E-state index in [1.54, 1.807) is 0 Å². The molecular weight excluding hydrogens is 160 g/mol. The molecule has 2 heteroatoms. The van der Waals surface area contributed by atoms with Crippen LogP contribution in [0.1, 0.15) is 26.2 Å². The smallest absolute Gasteiger partial charge is 0.00153 e. The minimum atomic E-state index is 0.948. The molecule has 2 atom stereocenters. The molecule has 2 aliphatic rings. The summed E-state index contributed by atoms with van der Waals surface area (Å²) in [6.07, 6.45) is 4.18. The largest absolute Gasteiger partial charge is 0.317 e. The molecule has 0 radical (unpaired) electrons. The zero-order valence-corrected chi connectivity index (χ0v) is 8.68. The van der Waals surface area contributed by atoms with Crippen LogP contribution >= 0.6 is 0 Å². The van der Waals surface area contributed by atoms with Gasteiger partial charge in [-0.15, -0.1) is 0 Å². The minimum absolute atomic E-state index is 0.948. The highest BCUT2D eigenvalue weighted by Crippen LogP contribution is 2.31. The Morgan fingerprint density at radius 2 is 1.62 bits per heavy atom. The molecule has 0 aromatic rings. The zero-order valence-electron chi connectivity index (χ0n) is 8.68. The van der Waals surface area contributed by atoms with Gasteiger partial charge in [0.25, 0.3) is 0 Å². The minimum Gasteiger partial charge on any atom is -0.317 e. The van der Waals surface area contributed by atoms with Crippen LogP contribution in [0.4, 0.5) is 0 Å². The summed E-state index contributed by atoms with van der Waals surface area (Å²) in [7, 11) is 0. The van der Waals surface area contributed by atoms with E-state index in [0.29, 0.717) is 0 Å². The molecule has 76 valence electrons. The van der Waals surface area contributed by atoms with E-state index in [0.717, 1.165) is 17.8 Å². The van der Waals surface area contributed by atoms with Gasteiger partial charge in [0.05, 0.1) is 0 Å². The summed E-state index contributed by atoms with van der Waals surface area (Å²) in [6, 6.07) is 0. The maximum Gasteiger partial charge on any atom is -0.00153 e. The van der Waals surface area contributed by atoms with Crippen LogP contribution in [0.5, 0.6) is 0 Å². The molecule has 0 saturated carbocycles. The van der Waals surface area contributed by atoms with Gasteiger partial charge < -0.3 is 10.6 Å². The molecule has 0 bridgehead atoms. The highest BCUT2D eigenvalue weighted by Gasteiger charge is 2.29. The molecule has 2 unspecified atom stereocenters. The van der Waals surface area contributed by atoms with Crippen LogP contribution in [-0.4, -0.2) is 26.2 Å². The van der Waals surface area contributed by atoms with Crippen molar-refractivity contribution in [1.29, 1.82) is 0 Å². The van der Waals surface area contributed by atoms with Crippen molar-refractivity contribution in [1.82, 2.24) is 10.6 Å². The Hall–Kier alpha value is -0.0800. The first-order valence-electron chi connectivity index (χ1n) is 5.79. The van der Waals surface area contributed by atoms with Gasteiger partial charge in [-0.25, -0.2) is 0 Å². The maximum absolute atomic E-state index is 3.54. The van der Waals surface area contributed by atoms with E-state index in [-0.39, 0.29) is 0 Å². The van der Waals surface area contributed by atoms with Crippen molar-refractivity contribution in [2.24, 2.45) is 17.8 Å². The van der Waals surface area contributed by atoms with Crippen LogP contribution in [-0.2, 0) is 0 Å². The summed E-state index contributed by atoms with van der Waals surface area (Å²) in [4.78, 5) is 0. The Morgan fingerprint density at radius 1 is 0.923 bits per heavy atom. The fraction of sp³-hybridized carbons (Fsp3) is 1.00. The Balaban J connectivity index is 1.88.